The van der Waals surface area contributed by atoms with Gasteiger partial charge in [0, 0.05) is 5.69 Å². The number of carbonyl (C=O) groups excluding carboxylic acids is 2. The third kappa shape index (κ3) is 4.81. The molecule has 3 aromatic rings. The fourth-order valence-electron chi connectivity index (χ4n) is 3.83. The summed E-state index contributed by atoms with van der Waals surface area (Å²) in [5.41, 5.74) is 3.37. The SMILES string of the molecule is CCOc1ccc(C2=C(Nc3ccc(OC(C)C)cc3)C(=O)N(c3cccc(C)c3)C2=O)cc1. The average Bonchev–Trinajstić information content (AvgIpc) is 3.05. The summed E-state index contributed by atoms with van der Waals surface area (Å²) in [4.78, 5) is 28.3. The second-order valence-corrected chi connectivity index (χ2v) is 8.31. The molecule has 1 N–H and O–H groups in total. The maximum absolute atomic E-state index is 13.6. The summed E-state index contributed by atoms with van der Waals surface area (Å²) in [6.45, 7) is 8.31. The zero-order chi connectivity index (χ0) is 24.2. The van der Waals surface area contributed by atoms with Crippen LogP contribution >= 0.6 is 0 Å². The minimum Gasteiger partial charge on any atom is -0.494 e. The number of carbonyl (C=O) groups is 2. The highest BCUT2D eigenvalue weighted by Crippen LogP contribution is 2.35. The summed E-state index contributed by atoms with van der Waals surface area (Å²) >= 11 is 0. The molecule has 1 heterocycles. The van der Waals surface area contributed by atoms with Gasteiger partial charge >= 0.3 is 0 Å². The Morgan fingerprint density at radius 3 is 2.18 bits per heavy atom. The molecule has 0 spiro atoms. The molecular formula is C28H28N2O4. The lowest BCUT2D eigenvalue weighted by Crippen LogP contribution is -2.32. The number of nitrogens with one attached hydrogen (secondary N) is 1. The third-order valence-electron chi connectivity index (χ3n) is 5.29. The molecule has 0 aliphatic carbocycles. The van der Waals surface area contributed by atoms with E-state index in [-0.39, 0.29) is 17.7 Å². The van der Waals surface area contributed by atoms with Crippen LogP contribution in [0.3, 0.4) is 0 Å². The molecule has 34 heavy (non-hydrogen) atoms. The smallest absolute Gasteiger partial charge is 0.282 e. The van der Waals surface area contributed by atoms with Crippen molar-refractivity contribution in [1.82, 2.24) is 0 Å². The first-order valence-electron chi connectivity index (χ1n) is 11.3. The van der Waals surface area contributed by atoms with E-state index in [0.29, 0.717) is 34.9 Å². The fourth-order valence-corrected chi connectivity index (χ4v) is 3.83. The van der Waals surface area contributed by atoms with Crippen LogP contribution in [-0.4, -0.2) is 24.5 Å². The predicted molar refractivity (Wildman–Crippen MR) is 134 cm³/mol. The molecule has 0 saturated carbocycles. The number of anilines is 2. The summed E-state index contributed by atoms with van der Waals surface area (Å²) in [5.74, 6) is 0.662. The Hall–Kier alpha value is -4.06. The Kier molecular flexibility index (Phi) is 6.68. The molecule has 0 atom stereocenters. The molecule has 0 aromatic heterocycles. The number of aryl methyl sites for hydroxylation is 1. The minimum atomic E-state index is -0.401. The standard InChI is InChI=1S/C28H28N2O4/c1-5-33-23-13-9-20(10-14-23)25-26(29-21-11-15-24(16-12-21)34-18(2)3)28(32)30(27(25)31)22-8-6-7-19(4)17-22/h6-18,29H,5H2,1-4H3. The lowest BCUT2D eigenvalue weighted by molar-refractivity contribution is -0.120. The van der Waals surface area contributed by atoms with Crippen LogP contribution in [0, 0.1) is 6.92 Å². The zero-order valence-electron chi connectivity index (χ0n) is 19.8. The normalized spacial score (nSPS) is 13.6. The van der Waals surface area contributed by atoms with Crippen LogP contribution in [0.4, 0.5) is 11.4 Å². The van der Waals surface area contributed by atoms with Gasteiger partial charge in [-0.2, -0.15) is 0 Å². The van der Waals surface area contributed by atoms with Crippen LogP contribution in [0.15, 0.2) is 78.5 Å². The molecule has 0 radical (unpaired) electrons. The van der Waals surface area contributed by atoms with Crippen molar-refractivity contribution in [3.05, 3.63) is 89.6 Å². The van der Waals surface area contributed by atoms with Gasteiger partial charge in [-0.25, -0.2) is 4.90 Å². The van der Waals surface area contributed by atoms with Crippen molar-refractivity contribution < 1.29 is 19.1 Å². The number of ether oxygens (including phenoxy) is 2. The molecule has 6 nitrogen and oxygen atoms in total. The number of amides is 2. The van der Waals surface area contributed by atoms with E-state index in [4.69, 9.17) is 9.47 Å². The minimum absolute atomic E-state index is 0.0599. The first-order valence-corrected chi connectivity index (χ1v) is 11.3. The highest BCUT2D eigenvalue weighted by Gasteiger charge is 2.40. The lowest BCUT2D eigenvalue weighted by atomic mass is 10.0. The number of nitrogens with zero attached hydrogens (tertiary/aromatic N) is 1. The first-order chi connectivity index (χ1) is 16.4. The molecule has 0 bridgehead atoms. The van der Waals surface area contributed by atoms with Crippen molar-refractivity contribution >= 4 is 28.8 Å². The van der Waals surface area contributed by atoms with E-state index in [2.05, 4.69) is 5.32 Å². The van der Waals surface area contributed by atoms with E-state index in [9.17, 15) is 9.59 Å². The van der Waals surface area contributed by atoms with Gasteiger partial charge in [0.15, 0.2) is 0 Å². The maximum Gasteiger partial charge on any atom is 0.282 e. The molecule has 2 amide bonds. The van der Waals surface area contributed by atoms with Gasteiger partial charge in [-0.1, -0.05) is 24.3 Å². The number of hydrogen-bond donors (Lipinski definition) is 1. The Bertz CT molecular complexity index is 1230. The van der Waals surface area contributed by atoms with E-state index in [0.717, 1.165) is 11.3 Å². The van der Waals surface area contributed by atoms with Gasteiger partial charge in [0.1, 0.15) is 17.2 Å². The quantitative estimate of drug-likeness (QED) is 0.449. The van der Waals surface area contributed by atoms with Crippen LogP contribution < -0.4 is 19.7 Å². The largest absolute Gasteiger partial charge is 0.494 e. The Balaban J connectivity index is 1.73. The van der Waals surface area contributed by atoms with Crippen LogP contribution in [0.5, 0.6) is 11.5 Å². The molecule has 6 heteroatoms. The summed E-state index contributed by atoms with van der Waals surface area (Å²) in [7, 11) is 0. The van der Waals surface area contributed by atoms with Crippen LogP contribution in [0.2, 0.25) is 0 Å². The van der Waals surface area contributed by atoms with E-state index >= 15 is 0 Å². The lowest BCUT2D eigenvalue weighted by Gasteiger charge is -2.16. The Morgan fingerprint density at radius 1 is 0.882 bits per heavy atom. The van der Waals surface area contributed by atoms with Crippen molar-refractivity contribution in [2.75, 3.05) is 16.8 Å². The average molecular weight is 457 g/mol. The van der Waals surface area contributed by atoms with Gasteiger partial charge in [0.2, 0.25) is 0 Å². The van der Waals surface area contributed by atoms with Crippen molar-refractivity contribution in [2.24, 2.45) is 0 Å². The van der Waals surface area contributed by atoms with E-state index in [1.165, 1.54) is 4.90 Å². The molecule has 0 fully saturated rings. The maximum atomic E-state index is 13.6. The Labute approximate surface area is 199 Å². The van der Waals surface area contributed by atoms with E-state index < -0.39 is 5.91 Å². The molecule has 0 unspecified atom stereocenters. The summed E-state index contributed by atoms with van der Waals surface area (Å²) in [6, 6.07) is 21.9. The molecule has 0 saturated heterocycles. The second kappa shape index (κ2) is 9.83. The topological polar surface area (TPSA) is 67.9 Å². The number of imide groups is 1. The predicted octanol–water partition coefficient (Wildman–Crippen LogP) is 5.58. The van der Waals surface area contributed by atoms with Gasteiger partial charge in [0.05, 0.1) is 24.0 Å². The van der Waals surface area contributed by atoms with Gasteiger partial charge in [-0.05, 0) is 87.4 Å². The molecule has 174 valence electrons. The van der Waals surface area contributed by atoms with Crippen LogP contribution in [-0.2, 0) is 9.59 Å². The van der Waals surface area contributed by atoms with Gasteiger partial charge in [-0.3, -0.25) is 9.59 Å². The second-order valence-electron chi connectivity index (χ2n) is 8.31. The summed E-state index contributed by atoms with van der Waals surface area (Å²) in [5, 5.41) is 3.19. The third-order valence-corrected chi connectivity index (χ3v) is 5.29. The van der Waals surface area contributed by atoms with Crippen molar-refractivity contribution in [2.45, 2.75) is 33.8 Å². The molecule has 3 aromatic carbocycles. The first kappa shape index (κ1) is 23.1. The number of hydrogen-bond acceptors (Lipinski definition) is 5. The highest BCUT2D eigenvalue weighted by molar-refractivity contribution is 6.46. The van der Waals surface area contributed by atoms with E-state index in [1.54, 1.807) is 30.3 Å². The van der Waals surface area contributed by atoms with Gasteiger partial charge in [0.25, 0.3) is 11.8 Å². The monoisotopic (exact) mass is 456 g/mol. The van der Waals surface area contributed by atoms with E-state index in [1.807, 2.05) is 70.2 Å². The van der Waals surface area contributed by atoms with Crippen LogP contribution in [0.25, 0.3) is 5.57 Å². The number of rotatable bonds is 8. The van der Waals surface area contributed by atoms with Gasteiger partial charge < -0.3 is 14.8 Å². The molecule has 1 aliphatic rings. The molecule has 4 rings (SSSR count). The number of benzene rings is 3. The Morgan fingerprint density at radius 2 is 1.56 bits per heavy atom. The molecule has 1 aliphatic heterocycles. The van der Waals surface area contributed by atoms with Crippen molar-refractivity contribution in [1.29, 1.82) is 0 Å². The van der Waals surface area contributed by atoms with Crippen molar-refractivity contribution in [3.8, 4) is 11.5 Å². The summed E-state index contributed by atoms with van der Waals surface area (Å²) in [6.07, 6.45) is 0.0599. The summed E-state index contributed by atoms with van der Waals surface area (Å²) < 4.78 is 11.2. The fraction of sp³-hybridized carbons (Fsp3) is 0.214. The van der Waals surface area contributed by atoms with Crippen LogP contribution in [0.1, 0.15) is 31.9 Å². The highest BCUT2D eigenvalue weighted by atomic mass is 16.5. The zero-order valence-corrected chi connectivity index (χ0v) is 19.8. The van der Waals surface area contributed by atoms with Crippen molar-refractivity contribution in [3.63, 3.8) is 0 Å². The van der Waals surface area contributed by atoms with Gasteiger partial charge in [-0.15, -0.1) is 0 Å². The molecular weight excluding hydrogens is 428 g/mol.